The second-order valence-electron chi connectivity index (χ2n) is 5.03. The first-order valence-corrected chi connectivity index (χ1v) is 8.70. The van der Waals surface area contributed by atoms with E-state index in [1.54, 1.807) is 11.3 Å². The number of hydrogen-bond acceptors (Lipinski definition) is 4. The number of nitrogens with zero attached hydrogens (tertiary/aromatic N) is 1. The predicted molar refractivity (Wildman–Crippen MR) is 76.9 cm³/mol. The Labute approximate surface area is 116 Å². The van der Waals surface area contributed by atoms with E-state index < -0.39 is 0 Å². The highest BCUT2D eigenvalue weighted by Crippen LogP contribution is 2.46. The number of rotatable bonds is 5. The normalized spacial score (nSPS) is 25.1. The highest BCUT2D eigenvalue weighted by atomic mass is 32.2. The van der Waals surface area contributed by atoms with E-state index in [9.17, 15) is 4.79 Å². The van der Waals surface area contributed by atoms with Crippen molar-refractivity contribution in [3.63, 3.8) is 0 Å². The first kappa shape index (κ1) is 12.5. The van der Waals surface area contributed by atoms with Crippen LogP contribution in [-0.2, 0) is 4.79 Å². The molecule has 3 nitrogen and oxygen atoms in total. The third-order valence-electron chi connectivity index (χ3n) is 3.75. The van der Waals surface area contributed by atoms with Crippen LogP contribution in [0.15, 0.2) is 16.8 Å². The largest absolute Gasteiger partial charge is 0.321 e. The number of thiophene rings is 1. The van der Waals surface area contributed by atoms with Gasteiger partial charge < -0.3 is 4.90 Å². The lowest BCUT2D eigenvalue weighted by Crippen LogP contribution is -2.33. The Morgan fingerprint density at radius 3 is 3.06 bits per heavy atom. The monoisotopic (exact) mass is 282 g/mol. The van der Waals surface area contributed by atoms with Gasteiger partial charge in [0.05, 0.1) is 0 Å². The Morgan fingerprint density at radius 2 is 2.44 bits per heavy atom. The summed E-state index contributed by atoms with van der Waals surface area (Å²) in [5.41, 5.74) is 1.03. The molecule has 98 valence electrons. The van der Waals surface area contributed by atoms with E-state index in [1.165, 1.54) is 5.56 Å². The lowest BCUT2D eigenvalue weighted by atomic mass is 10.2. The zero-order valence-corrected chi connectivity index (χ0v) is 12.1. The van der Waals surface area contributed by atoms with Crippen molar-refractivity contribution in [2.75, 3.05) is 18.6 Å². The second-order valence-corrected chi connectivity index (χ2v) is 6.80. The van der Waals surface area contributed by atoms with Crippen molar-refractivity contribution in [1.29, 1.82) is 0 Å². The summed E-state index contributed by atoms with van der Waals surface area (Å²) in [5, 5.41) is 7.78. The molecular formula is C13H18N2OS2. The number of carbonyl (C=O) groups is 1. The summed E-state index contributed by atoms with van der Waals surface area (Å²) < 4.78 is 0. The van der Waals surface area contributed by atoms with Crippen LogP contribution in [0.25, 0.3) is 0 Å². The van der Waals surface area contributed by atoms with Crippen LogP contribution >= 0.6 is 23.1 Å². The van der Waals surface area contributed by atoms with E-state index in [0.29, 0.717) is 5.91 Å². The van der Waals surface area contributed by atoms with Crippen molar-refractivity contribution in [3.05, 3.63) is 22.4 Å². The molecule has 2 heterocycles. The molecule has 2 aliphatic rings. The number of carbonyl (C=O) groups excluding carboxylic acids is 1. The molecular weight excluding hydrogens is 264 g/mol. The molecule has 1 aliphatic carbocycles. The molecule has 1 saturated heterocycles. The zero-order chi connectivity index (χ0) is 12.6. The van der Waals surface area contributed by atoms with Crippen molar-refractivity contribution in [2.45, 2.75) is 31.0 Å². The van der Waals surface area contributed by atoms with E-state index in [0.717, 1.165) is 31.6 Å². The van der Waals surface area contributed by atoms with Gasteiger partial charge in [-0.05, 0) is 53.7 Å². The second kappa shape index (κ2) is 4.87. The van der Waals surface area contributed by atoms with Crippen molar-refractivity contribution in [2.24, 2.45) is 0 Å². The van der Waals surface area contributed by atoms with Gasteiger partial charge >= 0.3 is 0 Å². The average Bonchev–Trinajstić information content (AvgIpc) is 2.85. The number of hydrogen-bond donors (Lipinski definition) is 1. The van der Waals surface area contributed by atoms with Crippen LogP contribution in [0.3, 0.4) is 0 Å². The van der Waals surface area contributed by atoms with Crippen LogP contribution < -0.4 is 5.32 Å². The smallest absolute Gasteiger partial charge is 0.244 e. The van der Waals surface area contributed by atoms with E-state index in [1.807, 2.05) is 16.7 Å². The lowest BCUT2D eigenvalue weighted by molar-refractivity contribution is -0.130. The van der Waals surface area contributed by atoms with Crippen molar-refractivity contribution in [3.8, 4) is 0 Å². The maximum Gasteiger partial charge on any atom is 0.244 e. The molecule has 1 aliphatic heterocycles. The van der Waals surface area contributed by atoms with Gasteiger partial charge in [-0.25, -0.2) is 0 Å². The summed E-state index contributed by atoms with van der Waals surface area (Å²) in [5.74, 6) is 1.44. The van der Waals surface area contributed by atoms with Gasteiger partial charge in [0.15, 0.2) is 0 Å². The molecule has 1 unspecified atom stereocenters. The summed E-state index contributed by atoms with van der Waals surface area (Å²) in [4.78, 5) is 14.5. The Morgan fingerprint density at radius 1 is 1.61 bits per heavy atom. The molecule has 1 saturated carbocycles. The maximum atomic E-state index is 12.4. The van der Waals surface area contributed by atoms with Crippen LogP contribution in [0.5, 0.6) is 0 Å². The van der Waals surface area contributed by atoms with Gasteiger partial charge in [-0.15, -0.1) is 0 Å². The van der Waals surface area contributed by atoms with Gasteiger partial charge in [0, 0.05) is 6.54 Å². The Kier molecular flexibility index (Phi) is 3.38. The predicted octanol–water partition coefficient (Wildman–Crippen LogP) is 2.46. The quantitative estimate of drug-likeness (QED) is 0.842. The number of nitrogens with one attached hydrogen (secondary N) is 1. The Hall–Kier alpha value is -0.520. The number of amides is 1. The molecule has 1 atom stereocenters. The molecule has 1 aromatic rings. The van der Waals surface area contributed by atoms with E-state index in [-0.39, 0.29) is 11.7 Å². The molecule has 1 aromatic heterocycles. The molecule has 0 bridgehead atoms. The molecule has 2 fully saturated rings. The summed E-state index contributed by atoms with van der Waals surface area (Å²) in [6, 6.07) is 2.12. The Bertz CT molecular complexity index is 428. The van der Waals surface area contributed by atoms with E-state index in [2.05, 4.69) is 28.4 Å². The topological polar surface area (TPSA) is 32.3 Å². The molecule has 5 heteroatoms. The molecule has 0 aromatic carbocycles. The van der Waals surface area contributed by atoms with Crippen molar-refractivity contribution >= 4 is 29.0 Å². The molecule has 1 spiro atoms. The third-order valence-corrected chi connectivity index (χ3v) is 5.15. The van der Waals surface area contributed by atoms with Crippen LogP contribution in [-0.4, -0.2) is 34.9 Å². The molecule has 0 radical (unpaired) electrons. The summed E-state index contributed by atoms with van der Waals surface area (Å²) in [7, 11) is 0. The minimum Gasteiger partial charge on any atom is -0.321 e. The number of thioether (sulfide) groups is 1. The standard InChI is InChI=1S/C13H18N2OS2/c1-17-7-2-6-15-11(10-3-8-18-9-10)14-13(4-5-13)12(15)16/h3,8-9,11,14H,2,4-7H2,1H3. The van der Waals surface area contributed by atoms with E-state index in [4.69, 9.17) is 0 Å². The average molecular weight is 282 g/mol. The molecule has 1 amide bonds. The fourth-order valence-corrected chi connectivity index (χ4v) is 3.68. The fraction of sp³-hybridized carbons (Fsp3) is 0.615. The zero-order valence-electron chi connectivity index (χ0n) is 10.5. The third kappa shape index (κ3) is 2.08. The minimum absolute atomic E-state index is 0.105. The summed E-state index contributed by atoms with van der Waals surface area (Å²) in [6.07, 6.45) is 5.30. The van der Waals surface area contributed by atoms with Gasteiger partial charge in [0.2, 0.25) is 5.91 Å². The highest BCUT2D eigenvalue weighted by Gasteiger charge is 2.59. The van der Waals surface area contributed by atoms with Gasteiger partial charge in [0.25, 0.3) is 0 Å². The van der Waals surface area contributed by atoms with Gasteiger partial charge in [-0.1, -0.05) is 0 Å². The van der Waals surface area contributed by atoms with Crippen LogP contribution in [0.1, 0.15) is 31.0 Å². The van der Waals surface area contributed by atoms with E-state index >= 15 is 0 Å². The SMILES string of the molecule is CSCCCN1C(=O)C2(CC2)NC1c1ccsc1. The Balaban J connectivity index is 1.76. The lowest BCUT2D eigenvalue weighted by Gasteiger charge is -2.23. The van der Waals surface area contributed by atoms with Gasteiger partial charge in [-0.3, -0.25) is 10.1 Å². The first-order chi connectivity index (χ1) is 8.77. The van der Waals surface area contributed by atoms with Gasteiger partial charge in [-0.2, -0.15) is 23.1 Å². The summed E-state index contributed by atoms with van der Waals surface area (Å²) in [6.45, 7) is 0.870. The van der Waals surface area contributed by atoms with Crippen molar-refractivity contribution in [1.82, 2.24) is 10.2 Å². The molecule has 18 heavy (non-hydrogen) atoms. The minimum atomic E-state index is -0.202. The molecule has 3 rings (SSSR count). The van der Waals surface area contributed by atoms with Crippen LogP contribution in [0.2, 0.25) is 0 Å². The first-order valence-electron chi connectivity index (χ1n) is 6.37. The maximum absolute atomic E-state index is 12.4. The van der Waals surface area contributed by atoms with Gasteiger partial charge in [0.1, 0.15) is 11.7 Å². The van der Waals surface area contributed by atoms with Crippen LogP contribution in [0, 0.1) is 0 Å². The summed E-state index contributed by atoms with van der Waals surface area (Å²) >= 11 is 3.54. The van der Waals surface area contributed by atoms with Crippen LogP contribution in [0.4, 0.5) is 0 Å². The van der Waals surface area contributed by atoms with Crippen molar-refractivity contribution < 1.29 is 4.79 Å². The highest BCUT2D eigenvalue weighted by molar-refractivity contribution is 7.98. The fourth-order valence-electron chi connectivity index (χ4n) is 2.58. The molecule has 1 N–H and O–H groups in total.